The van der Waals surface area contributed by atoms with Crippen LogP contribution in [0, 0.1) is 0 Å². The summed E-state index contributed by atoms with van der Waals surface area (Å²) in [5.41, 5.74) is 1.41. The van der Waals surface area contributed by atoms with Gasteiger partial charge in [0.15, 0.2) is 0 Å². The van der Waals surface area contributed by atoms with Crippen molar-refractivity contribution in [2.45, 2.75) is 0 Å². The number of carbonyl (C=O) groups excluding carboxylic acids is 2. The molecule has 96 valence electrons. The first kappa shape index (κ1) is 19.6. The van der Waals surface area contributed by atoms with Crippen LogP contribution < -0.4 is 15.6 Å². The monoisotopic (exact) mass is 274 g/mol. The second-order valence-electron chi connectivity index (χ2n) is 2.99. The number of carboxylic acid groups (broad SMARTS) is 2. The first-order valence-corrected chi connectivity index (χ1v) is 4.65. The molecule has 1 aromatic carbocycles. The van der Waals surface area contributed by atoms with Crippen LogP contribution in [0.5, 0.6) is 0 Å². The third kappa shape index (κ3) is 7.31. The van der Waals surface area contributed by atoms with Crippen LogP contribution >= 0.6 is 0 Å². The fraction of sp³-hybridized carbons (Fsp3) is 0. The summed E-state index contributed by atoms with van der Waals surface area (Å²) in [6.45, 7) is 0. The van der Waals surface area contributed by atoms with Gasteiger partial charge in [-0.25, -0.2) is 0 Å². The topological polar surface area (TPSA) is 139 Å². The minimum absolute atomic E-state index is 0. The molecule has 0 unspecified atom stereocenters. The number of hydrogen-bond donors (Lipinski definition) is 1. The first-order valence-electron chi connectivity index (χ1n) is 4.65. The molecule has 0 spiro atoms. The maximum absolute atomic E-state index is 10.3. The van der Waals surface area contributed by atoms with Crippen LogP contribution in [0.2, 0.25) is 0 Å². The zero-order valence-electron chi connectivity index (χ0n) is 9.85. The van der Waals surface area contributed by atoms with Crippen molar-refractivity contribution < 1.29 is 30.7 Å². The quantitative estimate of drug-likeness (QED) is 0.450. The Morgan fingerprint density at radius 3 is 1.89 bits per heavy atom. The Morgan fingerprint density at radius 2 is 1.63 bits per heavy atom. The average Bonchev–Trinajstić information content (AvgIpc) is 2.87. The van der Waals surface area contributed by atoms with Crippen molar-refractivity contribution in [1.82, 2.24) is 0 Å². The van der Waals surface area contributed by atoms with E-state index in [2.05, 4.69) is 5.10 Å². The number of allylic oxidation sites excluding steroid dienone is 1. The third-order valence-electron chi connectivity index (χ3n) is 1.79. The molecule has 3 N–H and O–H groups in total. The molecule has 0 fully saturated rings. The zero-order chi connectivity index (χ0) is 12.7. The first-order chi connectivity index (χ1) is 8.11. The molecule has 1 aliphatic rings. The summed E-state index contributed by atoms with van der Waals surface area (Å²) in [4.78, 5) is 20.5. The van der Waals surface area contributed by atoms with Gasteiger partial charge in [-0.15, -0.1) is 0 Å². The Bertz CT molecular complexity index is 448. The van der Waals surface area contributed by atoms with Crippen molar-refractivity contribution in [2.24, 2.45) is 5.10 Å². The molecule has 1 aromatic rings. The van der Waals surface area contributed by atoms with Crippen molar-refractivity contribution >= 4 is 41.2 Å². The van der Waals surface area contributed by atoms with Gasteiger partial charge in [-0.1, -0.05) is 23.3 Å². The molecule has 0 aliphatic carbocycles. The summed E-state index contributed by atoms with van der Waals surface area (Å²) in [5.74, 6) is -2.81. The summed E-state index contributed by atoms with van der Waals surface area (Å²) < 4.78 is 0. The number of benzene rings is 1. The summed E-state index contributed by atoms with van der Waals surface area (Å²) in [6.07, 6.45) is 5.53. The average molecular weight is 275 g/mol. The maximum atomic E-state index is 10.3. The Balaban J connectivity index is 0. The molecule has 8 heteroatoms. The van der Waals surface area contributed by atoms with Gasteiger partial charge in [0.25, 0.3) is 0 Å². The second kappa shape index (κ2) is 10.2. The molecule has 7 nitrogen and oxygen atoms in total. The maximum Gasteiger partial charge on any atom is 2.00 e. The van der Waals surface area contributed by atoms with Crippen molar-refractivity contribution in [2.75, 3.05) is 0 Å². The van der Waals surface area contributed by atoms with E-state index in [1.807, 2.05) is 12.3 Å². The summed E-state index contributed by atoms with van der Waals surface area (Å²) in [5, 5.41) is 24.2. The molecular weight excluding hydrogens is 264 g/mol. The molecule has 0 amide bonds. The molecule has 2 rings (SSSR count). The molecule has 0 saturated heterocycles. The summed E-state index contributed by atoms with van der Waals surface area (Å²) in [6, 6.07) is 4.81. The summed E-state index contributed by atoms with van der Waals surface area (Å²) in [7, 11) is 0. The van der Waals surface area contributed by atoms with Crippen LogP contribution in [-0.4, -0.2) is 46.7 Å². The second-order valence-corrected chi connectivity index (χ2v) is 2.99. The molecule has 0 radical (unpaired) electrons. The van der Waals surface area contributed by atoms with Crippen LogP contribution in [0.25, 0.3) is 0 Å². The minimum Gasteiger partial charge on any atom is -0.870 e. The van der Waals surface area contributed by atoms with E-state index in [1.54, 1.807) is 11.6 Å². The zero-order valence-corrected chi connectivity index (χ0v) is 11.3. The van der Waals surface area contributed by atoms with Crippen LogP contribution in [0.15, 0.2) is 41.6 Å². The predicted octanol–water partition coefficient (Wildman–Crippen LogP) is -3.08. The SMILES string of the molecule is C1=C[NH2+]N=C1.O=C([O-])c1cccc(C(=O)[O-])c1.[Mg+2].[OH-]. The molecule has 0 saturated carbocycles. The number of carboxylic acids is 2. The Hall–Kier alpha value is -1.74. The number of aromatic carboxylic acids is 2. The van der Waals surface area contributed by atoms with Crippen LogP contribution in [0.4, 0.5) is 0 Å². The van der Waals surface area contributed by atoms with Gasteiger partial charge in [-0.2, -0.15) is 5.43 Å². The third-order valence-corrected chi connectivity index (χ3v) is 1.79. The number of hydrogen-bond acceptors (Lipinski definition) is 6. The minimum atomic E-state index is -1.40. The molecule has 1 heterocycles. The molecule has 0 atom stereocenters. The van der Waals surface area contributed by atoms with E-state index in [0.29, 0.717) is 0 Å². The van der Waals surface area contributed by atoms with Gasteiger partial charge in [0.05, 0.1) is 18.2 Å². The van der Waals surface area contributed by atoms with Crippen molar-refractivity contribution in [3.05, 3.63) is 47.7 Å². The van der Waals surface area contributed by atoms with Gasteiger partial charge in [-0.3, -0.25) is 0 Å². The Morgan fingerprint density at radius 1 is 1.11 bits per heavy atom. The molecule has 19 heavy (non-hydrogen) atoms. The van der Waals surface area contributed by atoms with Gasteiger partial charge >= 0.3 is 23.1 Å². The Labute approximate surface area is 125 Å². The molecule has 0 bridgehead atoms. The number of nitrogens with two attached hydrogens (primary N) is 1. The van der Waals surface area contributed by atoms with Gasteiger partial charge in [0.1, 0.15) is 6.20 Å². The predicted molar refractivity (Wildman–Crippen MR) is 62.4 cm³/mol. The van der Waals surface area contributed by atoms with Crippen molar-refractivity contribution in [1.29, 1.82) is 0 Å². The summed E-state index contributed by atoms with van der Waals surface area (Å²) >= 11 is 0. The van der Waals surface area contributed by atoms with E-state index in [0.717, 1.165) is 6.07 Å². The normalized spacial score (nSPS) is 10.5. The smallest absolute Gasteiger partial charge is 0.870 e. The number of quaternary nitrogens is 1. The fourth-order valence-electron chi connectivity index (χ4n) is 1.02. The van der Waals surface area contributed by atoms with E-state index >= 15 is 0 Å². The largest absolute Gasteiger partial charge is 2.00 e. The van der Waals surface area contributed by atoms with E-state index in [4.69, 9.17) is 0 Å². The number of nitrogens with zero attached hydrogens (tertiary/aromatic N) is 1. The van der Waals surface area contributed by atoms with Crippen LogP contribution in [0.3, 0.4) is 0 Å². The van der Waals surface area contributed by atoms with Gasteiger partial charge in [0.2, 0.25) is 0 Å². The molecule has 1 aliphatic heterocycles. The fourth-order valence-corrected chi connectivity index (χ4v) is 1.02. The van der Waals surface area contributed by atoms with E-state index in [1.165, 1.54) is 18.2 Å². The van der Waals surface area contributed by atoms with E-state index in [9.17, 15) is 19.8 Å². The van der Waals surface area contributed by atoms with Crippen molar-refractivity contribution in [3.63, 3.8) is 0 Å². The standard InChI is InChI=1S/C8H6O4.C3H4N2.Mg.H2O/c9-7(10)5-2-1-3-6(4-5)8(11)12;1-2-4-5-3-1;;/h1-4H,(H,9,10)(H,11,12);1-3H,(H,4,5);;1H2/q;;+2;/p-2. The Kier molecular flexibility index (Phi) is 10.5. The number of rotatable bonds is 2. The van der Waals surface area contributed by atoms with Crippen molar-refractivity contribution in [3.8, 4) is 0 Å². The van der Waals surface area contributed by atoms with Gasteiger partial charge in [0, 0.05) is 6.08 Å². The van der Waals surface area contributed by atoms with E-state index < -0.39 is 11.9 Å². The van der Waals surface area contributed by atoms with Crippen LogP contribution in [0.1, 0.15) is 20.7 Å². The molecule has 0 aromatic heterocycles. The molecular formula is C11H10MgN2O5. The number of carbonyl (C=O) groups is 2. The van der Waals surface area contributed by atoms with Crippen LogP contribution in [-0.2, 0) is 0 Å². The van der Waals surface area contributed by atoms with Gasteiger partial charge in [-0.05, 0) is 17.2 Å². The van der Waals surface area contributed by atoms with Gasteiger partial charge < -0.3 is 25.3 Å². The van der Waals surface area contributed by atoms with E-state index in [-0.39, 0.29) is 39.7 Å².